The largest absolute Gasteiger partial charge is 0.497 e. The lowest BCUT2D eigenvalue weighted by atomic mass is 10.0. The standard InChI is InChI=1S/C23H24N4O3/c1-28-17-6-4-5-15(9-17)20-14-27(8-7-25-20)23-19-11-22(30-3)21(29-2)10-18(19)16(12-24)13-26-23/h4-6,9-11,13,20,25H,7-8,14H2,1-3H3. The molecule has 1 aliphatic rings. The Hall–Kier alpha value is -3.50. The second-order valence-corrected chi connectivity index (χ2v) is 7.09. The van der Waals surface area contributed by atoms with Gasteiger partial charge in [0.25, 0.3) is 0 Å². The quantitative estimate of drug-likeness (QED) is 0.699. The number of hydrogen-bond acceptors (Lipinski definition) is 7. The SMILES string of the molecule is COc1cccc(C2CN(c3ncc(C#N)c4cc(OC)c(OC)cc34)CCN2)c1. The fourth-order valence-electron chi connectivity index (χ4n) is 3.92. The number of nitrogens with one attached hydrogen (secondary N) is 1. The Morgan fingerprint density at radius 1 is 1.07 bits per heavy atom. The number of ether oxygens (including phenoxy) is 3. The highest BCUT2D eigenvalue weighted by Gasteiger charge is 2.24. The summed E-state index contributed by atoms with van der Waals surface area (Å²) in [5.74, 6) is 2.88. The summed E-state index contributed by atoms with van der Waals surface area (Å²) in [7, 11) is 4.87. The zero-order valence-electron chi connectivity index (χ0n) is 17.3. The van der Waals surface area contributed by atoms with E-state index in [4.69, 9.17) is 14.2 Å². The number of nitrogens with zero attached hydrogens (tertiary/aromatic N) is 3. The molecule has 30 heavy (non-hydrogen) atoms. The normalized spacial score (nSPS) is 16.2. The molecule has 1 aromatic heterocycles. The molecular formula is C23H24N4O3. The van der Waals surface area contributed by atoms with Crippen LogP contribution in [0.5, 0.6) is 17.2 Å². The lowest BCUT2D eigenvalue weighted by molar-refractivity contribution is 0.356. The number of anilines is 1. The van der Waals surface area contributed by atoms with Gasteiger partial charge in [0.05, 0.1) is 32.9 Å². The van der Waals surface area contributed by atoms with Crippen molar-refractivity contribution in [2.75, 3.05) is 45.9 Å². The van der Waals surface area contributed by atoms with Crippen LogP contribution in [0.15, 0.2) is 42.6 Å². The number of pyridine rings is 1. The zero-order chi connectivity index (χ0) is 21.1. The van der Waals surface area contributed by atoms with E-state index in [0.29, 0.717) is 17.1 Å². The van der Waals surface area contributed by atoms with E-state index in [1.54, 1.807) is 27.5 Å². The maximum atomic E-state index is 9.57. The minimum atomic E-state index is 0.140. The molecule has 7 heteroatoms. The number of hydrogen-bond donors (Lipinski definition) is 1. The lowest BCUT2D eigenvalue weighted by Gasteiger charge is -2.35. The van der Waals surface area contributed by atoms with Gasteiger partial charge in [0.1, 0.15) is 17.6 Å². The van der Waals surface area contributed by atoms with Gasteiger partial charge in [-0.3, -0.25) is 0 Å². The highest BCUT2D eigenvalue weighted by Crippen LogP contribution is 2.38. The Kier molecular flexibility index (Phi) is 5.59. The first-order valence-corrected chi connectivity index (χ1v) is 9.75. The molecule has 0 spiro atoms. The second-order valence-electron chi connectivity index (χ2n) is 7.09. The molecule has 2 aromatic carbocycles. The fourth-order valence-corrected chi connectivity index (χ4v) is 3.92. The van der Waals surface area contributed by atoms with E-state index in [0.717, 1.165) is 47.5 Å². The third-order valence-corrected chi connectivity index (χ3v) is 5.46. The van der Waals surface area contributed by atoms with Gasteiger partial charge >= 0.3 is 0 Å². The zero-order valence-corrected chi connectivity index (χ0v) is 17.3. The average molecular weight is 404 g/mol. The maximum Gasteiger partial charge on any atom is 0.161 e. The Morgan fingerprint density at radius 2 is 1.83 bits per heavy atom. The number of methoxy groups -OCH3 is 3. The van der Waals surface area contributed by atoms with Crippen molar-refractivity contribution in [3.05, 3.63) is 53.7 Å². The molecule has 0 radical (unpaired) electrons. The number of piperazine rings is 1. The van der Waals surface area contributed by atoms with Crippen LogP contribution in [0, 0.1) is 11.3 Å². The molecule has 1 unspecified atom stereocenters. The van der Waals surface area contributed by atoms with Crippen molar-refractivity contribution in [2.45, 2.75) is 6.04 Å². The smallest absolute Gasteiger partial charge is 0.161 e. The summed E-state index contributed by atoms with van der Waals surface area (Å²) in [5.41, 5.74) is 1.67. The van der Waals surface area contributed by atoms with Crippen LogP contribution in [0.4, 0.5) is 5.82 Å². The number of aromatic nitrogens is 1. The highest BCUT2D eigenvalue weighted by molar-refractivity contribution is 5.98. The van der Waals surface area contributed by atoms with Gasteiger partial charge in [0.15, 0.2) is 11.5 Å². The Morgan fingerprint density at radius 3 is 2.53 bits per heavy atom. The van der Waals surface area contributed by atoms with Crippen molar-refractivity contribution < 1.29 is 14.2 Å². The molecule has 1 atom stereocenters. The van der Waals surface area contributed by atoms with Gasteiger partial charge in [0.2, 0.25) is 0 Å². The minimum absolute atomic E-state index is 0.140. The first-order chi connectivity index (χ1) is 14.7. The third-order valence-electron chi connectivity index (χ3n) is 5.46. The van der Waals surface area contributed by atoms with Crippen molar-refractivity contribution in [3.63, 3.8) is 0 Å². The van der Waals surface area contributed by atoms with Crippen molar-refractivity contribution in [2.24, 2.45) is 0 Å². The van der Waals surface area contributed by atoms with Crippen LogP contribution in [-0.4, -0.2) is 45.9 Å². The topological polar surface area (TPSA) is 79.6 Å². The minimum Gasteiger partial charge on any atom is -0.497 e. The van der Waals surface area contributed by atoms with Gasteiger partial charge < -0.3 is 24.4 Å². The predicted octanol–water partition coefficient (Wildman–Crippen LogP) is 3.28. The fraction of sp³-hybridized carbons (Fsp3) is 0.304. The van der Waals surface area contributed by atoms with E-state index in [9.17, 15) is 5.26 Å². The van der Waals surface area contributed by atoms with Crippen molar-refractivity contribution in [3.8, 4) is 23.3 Å². The van der Waals surface area contributed by atoms with E-state index < -0.39 is 0 Å². The Bertz CT molecular complexity index is 1110. The van der Waals surface area contributed by atoms with Crippen LogP contribution in [0.3, 0.4) is 0 Å². The summed E-state index contributed by atoms with van der Waals surface area (Å²) < 4.78 is 16.3. The van der Waals surface area contributed by atoms with Crippen LogP contribution in [0.2, 0.25) is 0 Å². The molecule has 1 saturated heterocycles. The lowest BCUT2D eigenvalue weighted by Crippen LogP contribution is -2.46. The van der Waals surface area contributed by atoms with Crippen LogP contribution >= 0.6 is 0 Å². The second kappa shape index (κ2) is 8.47. The average Bonchev–Trinajstić information content (AvgIpc) is 2.82. The van der Waals surface area contributed by atoms with Crippen molar-refractivity contribution in [1.82, 2.24) is 10.3 Å². The van der Waals surface area contributed by atoms with Gasteiger partial charge in [-0.15, -0.1) is 0 Å². The van der Waals surface area contributed by atoms with E-state index >= 15 is 0 Å². The molecule has 0 aliphatic carbocycles. The molecule has 0 amide bonds. The first-order valence-electron chi connectivity index (χ1n) is 9.75. The van der Waals surface area contributed by atoms with Crippen LogP contribution in [-0.2, 0) is 0 Å². The molecular weight excluding hydrogens is 380 g/mol. The summed E-state index contributed by atoms with van der Waals surface area (Å²) >= 11 is 0. The van der Waals surface area contributed by atoms with Gasteiger partial charge in [-0.25, -0.2) is 4.98 Å². The summed E-state index contributed by atoms with van der Waals surface area (Å²) in [4.78, 5) is 6.89. The van der Waals surface area contributed by atoms with E-state index in [2.05, 4.69) is 33.4 Å². The van der Waals surface area contributed by atoms with Crippen LogP contribution in [0.1, 0.15) is 17.2 Å². The first kappa shape index (κ1) is 19.8. The van der Waals surface area contributed by atoms with Gasteiger partial charge in [-0.1, -0.05) is 12.1 Å². The molecule has 0 bridgehead atoms. The summed E-state index contributed by atoms with van der Waals surface area (Å²) in [6.45, 7) is 2.37. The van der Waals surface area contributed by atoms with Gasteiger partial charge in [0, 0.05) is 36.6 Å². The molecule has 4 rings (SSSR count). The monoisotopic (exact) mass is 404 g/mol. The van der Waals surface area contributed by atoms with E-state index in [-0.39, 0.29) is 6.04 Å². The van der Waals surface area contributed by atoms with Crippen molar-refractivity contribution >= 4 is 16.6 Å². The number of fused-ring (bicyclic) bond motifs is 1. The van der Waals surface area contributed by atoms with Crippen LogP contribution in [0.25, 0.3) is 10.8 Å². The van der Waals surface area contributed by atoms with Gasteiger partial charge in [-0.05, 0) is 29.8 Å². The summed E-state index contributed by atoms with van der Waals surface area (Å²) in [6.07, 6.45) is 1.63. The third kappa shape index (κ3) is 3.58. The van der Waals surface area contributed by atoms with Crippen molar-refractivity contribution in [1.29, 1.82) is 5.26 Å². The Balaban J connectivity index is 1.75. The molecule has 1 aliphatic heterocycles. The van der Waals surface area contributed by atoms with Gasteiger partial charge in [-0.2, -0.15) is 5.26 Å². The molecule has 1 fully saturated rings. The molecule has 7 nitrogen and oxygen atoms in total. The summed E-state index contributed by atoms with van der Waals surface area (Å²) in [5, 5.41) is 14.8. The molecule has 3 aromatic rings. The summed E-state index contributed by atoms with van der Waals surface area (Å²) in [6, 6.07) is 14.2. The molecule has 2 heterocycles. The van der Waals surface area contributed by atoms with E-state index in [1.807, 2.05) is 24.3 Å². The predicted molar refractivity (Wildman–Crippen MR) is 116 cm³/mol. The number of nitriles is 1. The molecule has 0 saturated carbocycles. The number of benzene rings is 2. The molecule has 154 valence electrons. The van der Waals surface area contributed by atoms with E-state index in [1.165, 1.54) is 0 Å². The maximum absolute atomic E-state index is 9.57. The number of rotatable bonds is 5. The Labute approximate surface area is 175 Å². The van der Waals surface area contributed by atoms with Crippen LogP contribution < -0.4 is 24.4 Å². The molecule has 1 N–H and O–H groups in total. The highest BCUT2D eigenvalue weighted by atomic mass is 16.5.